The summed E-state index contributed by atoms with van der Waals surface area (Å²) in [7, 11) is -3.32. The van der Waals surface area contributed by atoms with Gasteiger partial charge >= 0.3 is 0 Å². The monoisotopic (exact) mass is 567 g/mol. The number of sulfone groups is 1. The summed E-state index contributed by atoms with van der Waals surface area (Å²) < 4.78 is 58.4. The molecule has 1 aliphatic rings. The molecule has 200 valence electrons. The Hall–Kier alpha value is -3.75. The second-order valence-corrected chi connectivity index (χ2v) is 12.0. The van der Waals surface area contributed by atoms with Gasteiger partial charge in [-0.25, -0.2) is 17.2 Å². The molecule has 4 aromatic rings. The maximum atomic E-state index is 14.0. The van der Waals surface area contributed by atoms with Gasteiger partial charge < -0.3 is 10.1 Å². The number of nitrogens with one attached hydrogen (secondary N) is 1. The third-order valence-corrected chi connectivity index (χ3v) is 8.45. The van der Waals surface area contributed by atoms with Crippen LogP contribution in [0.1, 0.15) is 18.4 Å². The Morgan fingerprint density at radius 1 is 0.923 bits per heavy atom. The molecule has 4 aromatic carbocycles. The molecule has 0 saturated heterocycles. The fourth-order valence-electron chi connectivity index (χ4n) is 4.14. The molecule has 39 heavy (non-hydrogen) atoms. The molecular weight excluding hydrogens is 544 g/mol. The molecule has 0 spiro atoms. The summed E-state index contributed by atoms with van der Waals surface area (Å²) in [6.45, 7) is 0. The Balaban J connectivity index is 1.34. The van der Waals surface area contributed by atoms with Crippen LogP contribution in [0.2, 0.25) is 5.02 Å². The van der Waals surface area contributed by atoms with Gasteiger partial charge in [-0.3, -0.25) is 4.79 Å². The van der Waals surface area contributed by atoms with E-state index in [1.54, 1.807) is 54.6 Å². The van der Waals surface area contributed by atoms with Gasteiger partial charge in [-0.1, -0.05) is 35.9 Å². The third-order valence-electron chi connectivity index (χ3n) is 6.32. The molecule has 9 heteroatoms. The lowest BCUT2D eigenvalue weighted by molar-refractivity contribution is -0.115. The van der Waals surface area contributed by atoms with Crippen molar-refractivity contribution in [3.05, 3.63) is 107 Å². The van der Waals surface area contributed by atoms with Crippen molar-refractivity contribution in [3.63, 3.8) is 0 Å². The number of rotatable bonds is 9. The lowest BCUT2D eigenvalue weighted by Gasteiger charge is -2.15. The van der Waals surface area contributed by atoms with Crippen LogP contribution >= 0.6 is 11.6 Å². The number of hydrogen-bond acceptors (Lipinski definition) is 4. The molecule has 0 bridgehead atoms. The molecule has 0 aromatic heterocycles. The highest BCUT2D eigenvalue weighted by molar-refractivity contribution is 7.91. The van der Waals surface area contributed by atoms with E-state index in [2.05, 4.69) is 5.32 Å². The minimum Gasteiger partial charge on any atom is -0.457 e. The smallest absolute Gasteiger partial charge is 0.228 e. The minimum atomic E-state index is -3.32. The second-order valence-electron chi connectivity index (χ2n) is 9.49. The highest BCUT2D eigenvalue weighted by Crippen LogP contribution is 2.37. The Labute approximate surface area is 230 Å². The quantitative estimate of drug-likeness (QED) is 0.228. The lowest BCUT2D eigenvalue weighted by Crippen LogP contribution is -2.14. The van der Waals surface area contributed by atoms with Crippen LogP contribution in [-0.4, -0.2) is 20.1 Å². The fraction of sp³-hybridized carbons (Fsp3) is 0.167. The predicted molar refractivity (Wildman–Crippen MR) is 147 cm³/mol. The molecule has 1 aliphatic carbocycles. The maximum Gasteiger partial charge on any atom is 0.228 e. The molecule has 0 aliphatic heterocycles. The van der Waals surface area contributed by atoms with Gasteiger partial charge in [-0.15, -0.1) is 0 Å². The van der Waals surface area contributed by atoms with Crippen LogP contribution in [0.25, 0.3) is 11.1 Å². The van der Waals surface area contributed by atoms with E-state index in [0.29, 0.717) is 38.9 Å². The van der Waals surface area contributed by atoms with Gasteiger partial charge in [0.2, 0.25) is 5.91 Å². The van der Waals surface area contributed by atoms with Crippen LogP contribution in [0.4, 0.5) is 14.5 Å². The first-order valence-corrected chi connectivity index (χ1v) is 14.3. The van der Waals surface area contributed by atoms with Crippen molar-refractivity contribution in [2.24, 2.45) is 5.92 Å². The number of ether oxygens (including phenoxy) is 1. The van der Waals surface area contributed by atoms with E-state index < -0.39 is 21.5 Å². The van der Waals surface area contributed by atoms with Gasteiger partial charge in [0.25, 0.3) is 0 Å². The number of amides is 1. The third kappa shape index (κ3) is 6.82. The van der Waals surface area contributed by atoms with Gasteiger partial charge in [0.1, 0.15) is 11.5 Å². The van der Waals surface area contributed by atoms with Crippen molar-refractivity contribution in [2.45, 2.75) is 24.2 Å². The van der Waals surface area contributed by atoms with Crippen LogP contribution in [0.15, 0.2) is 89.8 Å². The summed E-state index contributed by atoms with van der Waals surface area (Å²) in [6.07, 6.45) is 1.93. The van der Waals surface area contributed by atoms with Crippen molar-refractivity contribution in [2.75, 3.05) is 11.1 Å². The van der Waals surface area contributed by atoms with E-state index >= 15 is 0 Å². The summed E-state index contributed by atoms with van der Waals surface area (Å²) >= 11 is 6.08. The Morgan fingerprint density at radius 3 is 2.38 bits per heavy atom. The molecule has 1 saturated carbocycles. The van der Waals surface area contributed by atoms with Gasteiger partial charge in [0.05, 0.1) is 17.1 Å². The van der Waals surface area contributed by atoms with E-state index in [1.807, 2.05) is 0 Å². The molecule has 0 atom stereocenters. The normalized spacial score (nSPS) is 13.2. The summed E-state index contributed by atoms with van der Waals surface area (Å²) in [4.78, 5) is 13.0. The first kappa shape index (κ1) is 26.8. The molecule has 1 fully saturated rings. The molecular formula is C30H24ClF2NO4S. The first-order valence-electron chi connectivity index (χ1n) is 12.3. The largest absolute Gasteiger partial charge is 0.457 e. The summed E-state index contributed by atoms with van der Waals surface area (Å²) in [5.41, 5.74) is 1.95. The average molecular weight is 568 g/mol. The van der Waals surface area contributed by atoms with E-state index in [9.17, 15) is 22.0 Å². The molecule has 0 heterocycles. The average Bonchev–Trinajstić information content (AvgIpc) is 3.70. The lowest BCUT2D eigenvalue weighted by atomic mass is 10.0. The predicted octanol–water partition coefficient (Wildman–Crippen LogP) is 7.44. The van der Waals surface area contributed by atoms with Crippen molar-refractivity contribution in [1.29, 1.82) is 0 Å². The number of hydrogen-bond donors (Lipinski definition) is 1. The first-order chi connectivity index (χ1) is 18.7. The van der Waals surface area contributed by atoms with Crippen LogP contribution in [0.3, 0.4) is 0 Å². The van der Waals surface area contributed by atoms with Crippen molar-refractivity contribution in [3.8, 4) is 22.6 Å². The van der Waals surface area contributed by atoms with Gasteiger partial charge in [0.15, 0.2) is 21.5 Å². The number of carbonyl (C=O) groups is 1. The van der Waals surface area contributed by atoms with Crippen LogP contribution in [0.5, 0.6) is 11.5 Å². The Morgan fingerprint density at radius 2 is 1.69 bits per heavy atom. The zero-order valence-corrected chi connectivity index (χ0v) is 22.2. The summed E-state index contributed by atoms with van der Waals surface area (Å²) in [5, 5.41) is 3.27. The van der Waals surface area contributed by atoms with Crippen LogP contribution in [-0.2, 0) is 21.1 Å². The fourth-order valence-corrected chi connectivity index (χ4v) is 6.02. The summed E-state index contributed by atoms with van der Waals surface area (Å²) in [5.74, 6) is -1.15. The molecule has 0 radical (unpaired) electrons. The zero-order chi connectivity index (χ0) is 27.6. The standard InChI is InChI=1S/C30H24ClF2NO4S/c31-22-2-1-3-24(16-22)38-29-17-23(9-12-26(29)21-8-13-27(32)28(33)15-21)34-30(35)14-19-6-10-25(11-7-19)39(36,37)18-20-4-5-20/h1-3,6-13,15-17,20H,4-5,14,18H2,(H,34,35). The minimum absolute atomic E-state index is 0.0262. The van der Waals surface area contributed by atoms with Gasteiger partial charge in [-0.2, -0.15) is 0 Å². The number of carbonyl (C=O) groups excluding carboxylic acids is 1. The van der Waals surface area contributed by atoms with E-state index in [0.717, 1.165) is 25.0 Å². The second kappa shape index (κ2) is 11.2. The SMILES string of the molecule is O=C(Cc1ccc(S(=O)(=O)CC2CC2)cc1)Nc1ccc(-c2ccc(F)c(F)c2)c(Oc2cccc(Cl)c2)c1. The number of benzene rings is 4. The molecule has 5 rings (SSSR count). The molecule has 0 unspecified atom stereocenters. The molecule has 5 nitrogen and oxygen atoms in total. The van der Waals surface area contributed by atoms with Crippen molar-refractivity contribution < 1.29 is 26.7 Å². The summed E-state index contributed by atoms with van der Waals surface area (Å²) in [6, 6.07) is 21.5. The highest BCUT2D eigenvalue weighted by atomic mass is 35.5. The number of anilines is 1. The number of halogens is 3. The molecule has 1 amide bonds. The zero-order valence-electron chi connectivity index (χ0n) is 20.7. The van der Waals surface area contributed by atoms with Crippen LogP contribution in [0, 0.1) is 17.6 Å². The van der Waals surface area contributed by atoms with Gasteiger partial charge in [0, 0.05) is 22.3 Å². The van der Waals surface area contributed by atoms with Crippen molar-refractivity contribution >= 4 is 33.0 Å². The van der Waals surface area contributed by atoms with E-state index in [4.69, 9.17) is 16.3 Å². The Kier molecular flexibility index (Phi) is 7.68. The maximum absolute atomic E-state index is 14.0. The van der Waals surface area contributed by atoms with E-state index in [-0.39, 0.29) is 28.9 Å². The molecule has 1 N–H and O–H groups in total. The highest BCUT2D eigenvalue weighted by Gasteiger charge is 2.29. The van der Waals surface area contributed by atoms with Crippen LogP contribution < -0.4 is 10.1 Å². The topological polar surface area (TPSA) is 72.5 Å². The van der Waals surface area contributed by atoms with Crippen molar-refractivity contribution in [1.82, 2.24) is 0 Å². The van der Waals surface area contributed by atoms with E-state index in [1.165, 1.54) is 18.2 Å². The Bertz CT molecular complexity index is 1640. The van der Waals surface area contributed by atoms with Gasteiger partial charge in [-0.05, 0) is 84.5 Å².